The molecule has 1 nitrogen and oxygen atoms in total. The molecule has 1 aromatic carbocycles. The first-order valence-corrected chi connectivity index (χ1v) is 7.78. The number of rotatable bonds is 4. The predicted molar refractivity (Wildman–Crippen MR) is 83.5 cm³/mol. The Morgan fingerprint density at radius 3 is 2.39 bits per heavy atom. The highest BCUT2D eigenvalue weighted by atomic mass is 79.9. The van der Waals surface area contributed by atoms with Gasteiger partial charge in [-0.25, -0.2) is 0 Å². The minimum Gasteiger partial charge on any atom is -0.309 e. The molecule has 0 bridgehead atoms. The normalized spacial score (nSPS) is 12.7. The summed E-state index contributed by atoms with van der Waals surface area (Å²) in [5.74, 6) is 0. The zero-order chi connectivity index (χ0) is 13.1. The summed E-state index contributed by atoms with van der Waals surface area (Å²) in [6.07, 6.45) is 1.09. The summed E-state index contributed by atoms with van der Waals surface area (Å²) < 4.78 is 1.19. The van der Waals surface area contributed by atoms with Gasteiger partial charge in [0.2, 0.25) is 0 Å². The lowest BCUT2D eigenvalue weighted by Gasteiger charge is -2.17. The molecule has 0 saturated heterocycles. The average molecular weight is 324 g/mol. The van der Waals surface area contributed by atoms with Crippen LogP contribution in [0, 0.1) is 6.92 Å². The van der Waals surface area contributed by atoms with E-state index in [1.165, 1.54) is 25.4 Å². The standard InChI is InChI=1S/C15H18BrNS/c1-4-11-5-7-12(8-6-11)15(17-3)13-9-14(16)18-10(13)2/h5-9,15,17H,4H2,1-3H3. The average Bonchev–Trinajstić information content (AvgIpc) is 2.70. The van der Waals surface area contributed by atoms with E-state index in [1.54, 1.807) is 11.3 Å². The molecule has 0 spiro atoms. The van der Waals surface area contributed by atoms with Crippen molar-refractivity contribution in [1.82, 2.24) is 5.32 Å². The maximum absolute atomic E-state index is 3.57. The van der Waals surface area contributed by atoms with Gasteiger partial charge in [0, 0.05) is 4.88 Å². The topological polar surface area (TPSA) is 12.0 Å². The van der Waals surface area contributed by atoms with Gasteiger partial charge in [-0.2, -0.15) is 0 Å². The van der Waals surface area contributed by atoms with Crippen molar-refractivity contribution in [2.45, 2.75) is 26.3 Å². The highest BCUT2D eigenvalue weighted by molar-refractivity contribution is 9.11. The number of hydrogen-bond acceptors (Lipinski definition) is 2. The third kappa shape index (κ3) is 2.85. The van der Waals surface area contributed by atoms with Crippen LogP contribution < -0.4 is 5.32 Å². The van der Waals surface area contributed by atoms with E-state index in [4.69, 9.17) is 0 Å². The molecule has 0 radical (unpaired) electrons. The van der Waals surface area contributed by atoms with Crippen molar-refractivity contribution < 1.29 is 0 Å². The summed E-state index contributed by atoms with van der Waals surface area (Å²) in [7, 11) is 2.02. The number of hydrogen-bond donors (Lipinski definition) is 1. The van der Waals surface area contributed by atoms with E-state index in [2.05, 4.69) is 65.4 Å². The Labute approximate surface area is 121 Å². The van der Waals surface area contributed by atoms with E-state index < -0.39 is 0 Å². The van der Waals surface area contributed by atoms with Crippen LogP contribution in [0.15, 0.2) is 34.1 Å². The van der Waals surface area contributed by atoms with Crippen molar-refractivity contribution in [2.24, 2.45) is 0 Å². The summed E-state index contributed by atoms with van der Waals surface area (Å²) in [4.78, 5) is 1.36. The molecule has 1 atom stereocenters. The second-order valence-electron chi connectivity index (χ2n) is 4.38. The second-order valence-corrected chi connectivity index (χ2v) is 7.01. The second kappa shape index (κ2) is 6.00. The first-order valence-electron chi connectivity index (χ1n) is 6.17. The van der Waals surface area contributed by atoms with Crippen LogP contribution in [0.1, 0.15) is 34.5 Å². The van der Waals surface area contributed by atoms with Gasteiger partial charge in [-0.15, -0.1) is 11.3 Å². The molecule has 2 rings (SSSR count). The molecule has 1 heterocycles. The summed E-state index contributed by atoms with van der Waals surface area (Å²) >= 11 is 5.36. The van der Waals surface area contributed by atoms with Crippen LogP contribution in [0.3, 0.4) is 0 Å². The molecule has 96 valence electrons. The number of aryl methyl sites for hydroxylation is 2. The van der Waals surface area contributed by atoms with Crippen LogP contribution in [0.5, 0.6) is 0 Å². The van der Waals surface area contributed by atoms with Gasteiger partial charge in [-0.1, -0.05) is 31.2 Å². The summed E-state index contributed by atoms with van der Waals surface area (Å²) in [5, 5.41) is 3.41. The molecule has 2 aromatic rings. The quantitative estimate of drug-likeness (QED) is 0.860. The first-order chi connectivity index (χ1) is 8.65. The van der Waals surface area contributed by atoms with Crippen LogP contribution in [-0.4, -0.2) is 7.05 Å². The largest absolute Gasteiger partial charge is 0.309 e. The van der Waals surface area contributed by atoms with Crippen molar-refractivity contribution in [3.05, 3.63) is 55.7 Å². The third-order valence-corrected chi connectivity index (χ3v) is 4.82. The zero-order valence-electron chi connectivity index (χ0n) is 11.0. The van der Waals surface area contributed by atoms with Crippen LogP contribution in [0.4, 0.5) is 0 Å². The fraction of sp³-hybridized carbons (Fsp3) is 0.333. The summed E-state index contributed by atoms with van der Waals surface area (Å²) in [6.45, 7) is 4.36. The van der Waals surface area contributed by atoms with E-state index in [-0.39, 0.29) is 6.04 Å². The van der Waals surface area contributed by atoms with Crippen LogP contribution in [0.25, 0.3) is 0 Å². The minimum atomic E-state index is 0.276. The maximum Gasteiger partial charge on any atom is 0.0704 e. The molecule has 0 aliphatic carbocycles. The van der Waals surface area contributed by atoms with Crippen molar-refractivity contribution in [1.29, 1.82) is 0 Å². The molecule has 1 aromatic heterocycles. The molecule has 1 unspecified atom stereocenters. The Hall–Kier alpha value is -0.640. The van der Waals surface area contributed by atoms with Gasteiger partial charge in [-0.3, -0.25) is 0 Å². The fourth-order valence-corrected chi connectivity index (χ4v) is 3.94. The molecule has 3 heteroatoms. The van der Waals surface area contributed by atoms with E-state index in [0.29, 0.717) is 0 Å². The smallest absolute Gasteiger partial charge is 0.0704 e. The van der Waals surface area contributed by atoms with Gasteiger partial charge in [0.05, 0.1) is 9.83 Å². The molecule has 0 fully saturated rings. The van der Waals surface area contributed by atoms with Gasteiger partial charge in [0.1, 0.15) is 0 Å². The Morgan fingerprint density at radius 1 is 1.28 bits per heavy atom. The van der Waals surface area contributed by atoms with Gasteiger partial charge >= 0.3 is 0 Å². The van der Waals surface area contributed by atoms with Gasteiger partial charge in [0.25, 0.3) is 0 Å². The number of thiophene rings is 1. The first kappa shape index (κ1) is 13.8. The molecule has 0 aliphatic rings. The predicted octanol–water partition coefficient (Wildman–Crippen LogP) is 4.69. The Bertz CT molecular complexity index is 516. The number of benzene rings is 1. The summed E-state index contributed by atoms with van der Waals surface area (Å²) in [6, 6.07) is 11.4. The van der Waals surface area contributed by atoms with Gasteiger partial charge in [-0.05, 0) is 59.1 Å². The van der Waals surface area contributed by atoms with E-state index in [0.717, 1.165) is 6.42 Å². The Balaban J connectivity index is 2.35. The van der Waals surface area contributed by atoms with Crippen molar-refractivity contribution in [2.75, 3.05) is 7.05 Å². The maximum atomic E-state index is 3.57. The van der Waals surface area contributed by atoms with Gasteiger partial charge < -0.3 is 5.32 Å². The SMILES string of the molecule is CCc1ccc(C(NC)c2cc(Br)sc2C)cc1. The van der Waals surface area contributed by atoms with Gasteiger partial charge in [0.15, 0.2) is 0 Å². The molecule has 0 aliphatic heterocycles. The molecule has 0 saturated carbocycles. The van der Waals surface area contributed by atoms with E-state index >= 15 is 0 Å². The third-order valence-electron chi connectivity index (χ3n) is 3.25. The molecular weight excluding hydrogens is 306 g/mol. The van der Waals surface area contributed by atoms with Crippen molar-refractivity contribution in [3.8, 4) is 0 Å². The minimum absolute atomic E-state index is 0.276. The highest BCUT2D eigenvalue weighted by Crippen LogP contribution is 2.33. The highest BCUT2D eigenvalue weighted by Gasteiger charge is 2.16. The Kier molecular flexibility index (Phi) is 4.60. The van der Waals surface area contributed by atoms with Crippen LogP contribution >= 0.6 is 27.3 Å². The van der Waals surface area contributed by atoms with Crippen LogP contribution in [-0.2, 0) is 6.42 Å². The fourth-order valence-electron chi connectivity index (χ4n) is 2.19. The molecule has 1 N–H and O–H groups in total. The van der Waals surface area contributed by atoms with Crippen LogP contribution in [0.2, 0.25) is 0 Å². The van der Waals surface area contributed by atoms with E-state index in [1.807, 2.05) is 7.05 Å². The molecule has 0 amide bonds. The zero-order valence-corrected chi connectivity index (χ0v) is 13.4. The monoisotopic (exact) mass is 323 g/mol. The Morgan fingerprint density at radius 2 is 1.94 bits per heavy atom. The lowest BCUT2D eigenvalue weighted by Crippen LogP contribution is -2.17. The van der Waals surface area contributed by atoms with Crippen molar-refractivity contribution in [3.63, 3.8) is 0 Å². The van der Waals surface area contributed by atoms with E-state index in [9.17, 15) is 0 Å². The molecular formula is C15H18BrNS. The molecule has 18 heavy (non-hydrogen) atoms. The lowest BCUT2D eigenvalue weighted by atomic mass is 9.98. The summed E-state index contributed by atoms with van der Waals surface area (Å²) in [5.41, 5.74) is 4.07. The van der Waals surface area contributed by atoms with Crippen molar-refractivity contribution >= 4 is 27.3 Å². The number of nitrogens with one attached hydrogen (secondary N) is 1. The number of halogens is 1. The lowest BCUT2D eigenvalue weighted by molar-refractivity contribution is 0.690.